The van der Waals surface area contributed by atoms with E-state index in [-0.39, 0.29) is 0 Å². The van der Waals surface area contributed by atoms with Crippen molar-refractivity contribution in [3.05, 3.63) is 40.9 Å². The molecule has 5 nitrogen and oxygen atoms in total. The van der Waals surface area contributed by atoms with Crippen LogP contribution in [0.4, 0.5) is 0 Å². The fourth-order valence-electron chi connectivity index (χ4n) is 1.70. The van der Waals surface area contributed by atoms with Crippen LogP contribution in [0.1, 0.15) is 31.7 Å². The summed E-state index contributed by atoms with van der Waals surface area (Å²) in [5.74, 6) is 0.836. The number of para-hydroxylation sites is 1. The molecule has 1 aromatic heterocycles. The maximum atomic E-state index is 5.79. The van der Waals surface area contributed by atoms with Crippen LogP contribution in [-0.4, -0.2) is 27.7 Å². The monoisotopic (exact) mass is 290 g/mol. The smallest absolute Gasteiger partial charge is 0.216 e. The summed E-state index contributed by atoms with van der Waals surface area (Å²) in [4.78, 5) is 0. The van der Waals surface area contributed by atoms with Gasteiger partial charge in [0.2, 0.25) is 4.77 Å². The van der Waals surface area contributed by atoms with Gasteiger partial charge in [0.15, 0.2) is 0 Å². The number of aromatic nitrogens is 3. The van der Waals surface area contributed by atoms with Crippen LogP contribution in [-0.2, 0) is 0 Å². The fraction of sp³-hybridized carbons (Fsp3) is 0.357. The molecule has 0 atom stereocenters. The largest absolute Gasteiger partial charge is 0.493 e. The van der Waals surface area contributed by atoms with Gasteiger partial charge in [-0.2, -0.15) is 14.9 Å². The molecule has 0 amide bonds. The van der Waals surface area contributed by atoms with Gasteiger partial charge in [-0.05, 0) is 30.8 Å². The van der Waals surface area contributed by atoms with Crippen LogP contribution in [0.2, 0.25) is 0 Å². The summed E-state index contributed by atoms with van der Waals surface area (Å²) >= 11 is 5.03. The topological polar surface area (TPSA) is 55.2 Å². The summed E-state index contributed by atoms with van der Waals surface area (Å²) in [5.41, 5.74) is 0.923. The number of nitrogens with one attached hydrogen (secondary N) is 1. The van der Waals surface area contributed by atoms with Gasteiger partial charge in [-0.15, -0.1) is 0 Å². The number of nitrogens with zero attached hydrogens (tertiary/aromatic N) is 3. The van der Waals surface area contributed by atoms with Crippen LogP contribution in [0.25, 0.3) is 0 Å². The number of ether oxygens (including phenoxy) is 1. The molecule has 2 aromatic rings. The highest BCUT2D eigenvalue weighted by molar-refractivity contribution is 7.71. The van der Waals surface area contributed by atoms with Gasteiger partial charge >= 0.3 is 0 Å². The summed E-state index contributed by atoms with van der Waals surface area (Å²) in [6, 6.07) is 7.81. The molecule has 0 bridgehead atoms. The van der Waals surface area contributed by atoms with E-state index in [1.54, 1.807) is 6.21 Å². The predicted octanol–water partition coefficient (Wildman–Crippen LogP) is 3.39. The quantitative estimate of drug-likeness (QED) is 0.483. The third kappa shape index (κ3) is 4.03. The minimum absolute atomic E-state index is 0.461. The molecule has 0 saturated heterocycles. The van der Waals surface area contributed by atoms with Gasteiger partial charge in [0.1, 0.15) is 12.1 Å². The van der Waals surface area contributed by atoms with Crippen molar-refractivity contribution in [1.82, 2.24) is 14.9 Å². The lowest BCUT2D eigenvalue weighted by Crippen LogP contribution is -2.00. The average Bonchev–Trinajstić information content (AvgIpc) is 2.88. The van der Waals surface area contributed by atoms with Gasteiger partial charge in [-0.25, -0.2) is 0 Å². The van der Waals surface area contributed by atoms with Gasteiger partial charge in [0, 0.05) is 5.56 Å². The summed E-state index contributed by atoms with van der Waals surface area (Å²) in [5, 5.41) is 10.7. The van der Waals surface area contributed by atoms with E-state index in [0.29, 0.717) is 4.77 Å². The Balaban J connectivity index is 2.06. The Labute approximate surface area is 123 Å². The zero-order chi connectivity index (χ0) is 14.2. The first kappa shape index (κ1) is 14.5. The first-order valence-electron chi connectivity index (χ1n) is 6.69. The van der Waals surface area contributed by atoms with Crippen molar-refractivity contribution in [3.8, 4) is 5.75 Å². The Bertz CT molecular complexity index is 617. The molecule has 106 valence electrons. The van der Waals surface area contributed by atoms with Crippen LogP contribution in [0.15, 0.2) is 35.7 Å². The Kier molecular flexibility index (Phi) is 5.49. The van der Waals surface area contributed by atoms with E-state index in [9.17, 15) is 0 Å². The third-order valence-electron chi connectivity index (χ3n) is 2.78. The lowest BCUT2D eigenvalue weighted by molar-refractivity contribution is 0.306. The van der Waals surface area contributed by atoms with Crippen LogP contribution in [0.5, 0.6) is 5.75 Å². The van der Waals surface area contributed by atoms with Crippen LogP contribution in [0, 0.1) is 4.77 Å². The van der Waals surface area contributed by atoms with E-state index in [0.717, 1.165) is 24.3 Å². The normalized spacial score (nSPS) is 11.1. The van der Waals surface area contributed by atoms with E-state index < -0.39 is 0 Å². The molecule has 0 fully saturated rings. The van der Waals surface area contributed by atoms with Crippen molar-refractivity contribution in [2.45, 2.75) is 26.2 Å². The predicted molar refractivity (Wildman–Crippen MR) is 81.9 cm³/mol. The molecule has 0 saturated carbocycles. The summed E-state index contributed by atoms with van der Waals surface area (Å²) < 4.78 is 7.75. The Hall–Kier alpha value is -1.95. The summed E-state index contributed by atoms with van der Waals surface area (Å²) in [6.07, 6.45) is 6.68. The van der Waals surface area contributed by atoms with Gasteiger partial charge in [-0.1, -0.05) is 31.9 Å². The number of hydrogen-bond donors (Lipinski definition) is 1. The maximum absolute atomic E-state index is 5.79. The van der Waals surface area contributed by atoms with E-state index >= 15 is 0 Å². The van der Waals surface area contributed by atoms with Crippen molar-refractivity contribution >= 4 is 18.4 Å². The molecule has 0 aliphatic rings. The van der Waals surface area contributed by atoms with E-state index in [2.05, 4.69) is 22.2 Å². The molecule has 1 aromatic carbocycles. The van der Waals surface area contributed by atoms with Gasteiger partial charge in [0.05, 0.1) is 12.8 Å². The second kappa shape index (κ2) is 7.59. The molecule has 0 aliphatic carbocycles. The fourth-order valence-corrected chi connectivity index (χ4v) is 1.85. The molecule has 0 unspecified atom stereocenters. The van der Waals surface area contributed by atoms with Crippen LogP contribution in [0.3, 0.4) is 0 Å². The van der Waals surface area contributed by atoms with E-state index in [1.165, 1.54) is 23.8 Å². The summed E-state index contributed by atoms with van der Waals surface area (Å²) in [6.45, 7) is 2.90. The SMILES string of the molecule is CCCCCOc1ccccc1C=Nn1cn[nH]c1=S. The standard InChI is InChI=1S/C14H18N4OS/c1-2-3-6-9-19-13-8-5-4-7-12(13)10-16-18-11-15-17-14(18)20/h4-5,7-8,10-11H,2-3,6,9H2,1H3,(H,17,20). The Morgan fingerprint density at radius 2 is 2.25 bits per heavy atom. The molecule has 0 aliphatic heterocycles. The first-order valence-corrected chi connectivity index (χ1v) is 7.10. The number of aromatic amines is 1. The highest BCUT2D eigenvalue weighted by Gasteiger charge is 2.00. The lowest BCUT2D eigenvalue weighted by Gasteiger charge is -2.08. The van der Waals surface area contributed by atoms with Crippen molar-refractivity contribution in [1.29, 1.82) is 0 Å². The molecule has 2 rings (SSSR count). The minimum atomic E-state index is 0.461. The van der Waals surface area contributed by atoms with Crippen molar-refractivity contribution in [2.75, 3.05) is 6.61 Å². The zero-order valence-electron chi connectivity index (χ0n) is 11.5. The summed E-state index contributed by atoms with van der Waals surface area (Å²) in [7, 11) is 0. The molecule has 20 heavy (non-hydrogen) atoms. The molecule has 6 heteroatoms. The van der Waals surface area contributed by atoms with E-state index in [1.807, 2.05) is 24.3 Å². The zero-order valence-corrected chi connectivity index (χ0v) is 12.3. The molecule has 1 heterocycles. The first-order chi connectivity index (χ1) is 9.81. The number of hydrogen-bond acceptors (Lipinski definition) is 4. The second-order valence-electron chi connectivity index (χ2n) is 4.34. The van der Waals surface area contributed by atoms with Gasteiger partial charge in [0.25, 0.3) is 0 Å². The lowest BCUT2D eigenvalue weighted by atomic mass is 10.2. The maximum Gasteiger partial charge on any atom is 0.216 e. The van der Waals surface area contributed by atoms with Gasteiger partial charge in [-0.3, -0.25) is 5.10 Å². The Morgan fingerprint density at radius 3 is 3.00 bits per heavy atom. The number of rotatable bonds is 7. The van der Waals surface area contributed by atoms with Gasteiger partial charge < -0.3 is 4.74 Å². The number of H-pyrrole nitrogens is 1. The third-order valence-corrected chi connectivity index (χ3v) is 3.06. The highest BCUT2D eigenvalue weighted by Crippen LogP contribution is 2.16. The number of benzene rings is 1. The van der Waals surface area contributed by atoms with E-state index in [4.69, 9.17) is 17.0 Å². The minimum Gasteiger partial charge on any atom is -0.493 e. The Morgan fingerprint density at radius 1 is 1.40 bits per heavy atom. The molecule has 0 radical (unpaired) electrons. The van der Waals surface area contributed by atoms with Crippen LogP contribution < -0.4 is 4.74 Å². The van der Waals surface area contributed by atoms with Crippen molar-refractivity contribution in [3.63, 3.8) is 0 Å². The van der Waals surface area contributed by atoms with Crippen molar-refractivity contribution < 1.29 is 4.74 Å². The molecule has 0 spiro atoms. The van der Waals surface area contributed by atoms with Crippen molar-refractivity contribution in [2.24, 2.45) is 5.10 Å². The van der Waals surface area contributed by atoms with Crippen LogP contribution >= 0.6 is 12.2 Å². The number of unbranched alkanes of at least 4 members (excludes halogenated alkanes) is 2. The highest BCUT2D eigenvalue weighted by atomic mass is 32.1. The molecule has 1 N–H and O–H groups in total. The molecular formula is C14H18N4OS. The average molecular weight is 290 g/mol. The second-order valence-corrected chi connectivity index (χ2v) is 4.73. The molecular weight excluding hydrogens is 272 g/mol.